The summed E-state index contributed by atoms with van der Waals surface area (Å²) in [6, 6.07) is 4.56. The molecule has 0 spiro atoms. The Morgan fingerprint density at radius 3 is 3.05 bits per heavy atom. The number of aromatic nitrogens is 2. The second-order valence-corrected chi connectivity index (χ2v) is 6.65. The molecule has 0 saturated heterocycles. The molecule has 0 aromatic carbocycles. The molecule has 0 aliphatic heterocycles. The number of nitrogens with one attached hydrogen (secondary N) is 1. The first-order valence-electron chi connectivity index (χ1n) is 6.76. The first kappa shape index (κ1) is 13.7. The summed E-state index contributed by atoms with van der Waals surface area (Å²) in [5.74, 6) is 0. The Morgan fingerprint density at radius 1 is 1.35 bits per heavy atom. The summed E-state index contributed by atoms with van der Waals surface area (Å²) in [6.07, 6.45) is 2.98. The van der Waals surface area contributed by atoms with E-state index in [-0.39, 0.29) is 6.04 Å². The number of thiophene rings is 1. The topological polar surface area (TPSA) is 37.8 Å². The standard InChI is InChI=1S/C15H17N3S2/c1-3-15-18-12(9-20-15)8-16-10(2)11-6-14-13(17-7-11)4-5-19-14/h4-7,9-10,16H,3,8H2,1-2H3/t10-/m0/s1. The van der Waals surface area contributed by atoms with Crippen LogP contribution in [0.25, 0.3) is 10.2 Å². The average Bonchev–Trinajstić information content (AvgIpc) is 3.12. The lowest BCUT2D eigenvalue weighted by Crippen LogP contribution is -2.18. The largest absolute Gasteiger partial charge is 0.304 e. The van der Waals surface area contributed by atoms with Gasteiger partial charge in [-0.1, -0.05) is 6.92 Å². The highest BCUT2D eigenvalue weighted by Crippen LogP contribution is 2.22. The van der Waals surface area contributed by atoms with Gasteiger partial charge in [0, 0.05) is 24.2 Å². The molecular formula is C15H17N3S2. The van der Waals surface area contributed by atoms with Crippen LogP contribution in [0.4, 0.5) is 0 Å². The minimum Gasteiger partial charge on any atom is -0.304 e. The number of hydrogen-bond acceptors (Lipinski definition) is 5. The summed E-state index contributed by atoms with van der Waals surface area (Å²) < 4.78 is 1.25. The molecule has 1 N–H and O–H groups in total. The van der Waals surface area contributed by atoms with Crippen molar-refractivity contribution in [1.82, 2.24) is 15.3 Å². The number of pyridine rings is 1. The van der Waals surface area contributed by atoms with E-state index in [1.165, 1.54) is 15.3 Å². The lowest BCUT2D eigenvalue weighted by atomic mass is 10.1. The van der Waals surface area contributed by atoms with E-state index in [0.717, 1.165) is 24.2 Å². The zero-order chi connectivity index (χ0) is 13.9. The van der Waals surface area contributed by atoms with Crippen molar-refractivity contribution >= 4 is 32.9 Å². The minimum absolute atomic E-state index is 0.278. The smallest absolute Gasteiger partial charge is 0.0926 e. The third-order valence-corrected chi connectivity index (χ3v) is 5.21. The maximum absolute atomic E-state index is 4.58. The van der Waals surface area contributed by atoms with E-state index in [9.17, 15) is 0 Å². The summed E-state index contributed by atoms with van der Waals surface area (Å²) in [4.78, 5) is 9.07. The average molecular weight is 303 g/mol. The normalized spacial score (nSPS) is 12.9. The highest BCUT2D eigenvalue weighted by atomic mass is 32.1. The van der Waals surface area contributed by atoms with Gasteiger partial charge in [-0.15, -0.1) is 22.7 Å². The molecule has 0 unspecified atom stereocenters. The van der Waals surface area contributed by atoms with Crippen LogP contribution < -0.4 is 5.32 Å². The van der Waals surface area contributed by atoms with Crippen molar-refractivity contribution in [2.75, 3.05) is 0 Å². The molecule has 0 amide bonds. The van der Waals surface area contributed by atoms with Crippen LogP contribution in [-0.4, -0.2) is 9.97 Å². The van der Waals surface area contributed by atoms with Gasteiger partial charge in [0.25, 0.3) is 0 Å². The molecule has 3 nitrogen and oxygen atoms in total. The maximum atomic E-state index is 4.58. The quantitative estimate of drug-likeness (QED) is 0.769. The van der Waals surface area contributed by atoms with Gasteiger partial charge < -0.3 is 5.32 Å². The van der Waals surface area contributed by atoms with Gasteiger partial charge in [0.15, 0.2) is 0 Å². The molecule has 5 heteroatoms. The van der Waals surface area contributed by atoms with Crippen molar-refractivity contribution < 1.29 is 0 Å². The fraction of sp³-hybridized carbons (Fsp3) is 0.333. The highest BCUT2D eigenvalue weighted by Gasteiger charge is 2.08. The lowest BCUT2D eigenvalue weighted by molar-refractivity contribution is 0.568. The van der Waals surface area contributed by atoms with E-state index >= 15 is 0 Å². The third-order valence-electron chi connectivity index (χ3n) is 3.31. The second kappa shape index (κ2) is 5.99. The number of thiazole rings is 1. The monoisotopic (exact) mass is 303 g/mol. The minimum atomic E-state index is 0.278. The van der Waals surface area contributed by atoms with Gasteiger partial charge in [0.1, 0.15) is 0 Å². The Balaban J connectivity index is 1.67. The number of fused-ring (bicyclic) bond motifs is 1. The van der Waals surface area contributed by atoms with Crippen molar-refractivity contribution in [3.8, 4) is 0 Å². The van der Waals surface area contributed by atoms with Crippen LogP contribution >= 0.6 is 22.7 Å². The van der Waals surface area contributed by atoms with Crippen LogP contribution in [0.1, 0.15) is 36.2 Å². The van der Waals surface area contributed by atoms with Gasteiger partial charge in [-0.3, -0.25) is 4.98 Å². The van der Waals surface area contributed by atoms with Gasteiger partial charge in [0.05, 0.1) is 20.9 Å². The van der Waals surface area contributed by atoms with Gasteiger partial charge >= 0.3 is 0 Å². The van der Waals surface area contributed by atoms with E-state index in [2.05, 4.69) is 52.0 Å². The van der Waals surface area contributed by atoms with E-state index in [1.807, 2.05) is 6.20 Å². The van der Waals surface area contributed by atoms with Crippen LogP contribution in [0.2, 0.25) is 0 Å². The molecule has 3 aromatic heterocycles. The van der Waals surface area contributed by atoms with Gasteiger partial charge in [0.2, 0.25) is 0 Å². The fourth-order valence-corrected chi connectivity index (χ4v) is 3.60. The number of aryl methyl sites for hydroxylation is 1. The zero-order valence-electron chi connectivity index (χ0n) is 11.6. The molecule has 104 valence electrons. The highest BCUT2D eigenvalue weighted by molar-refractivity contribution is 7.17. The summed E-state index contributed by atoms with van der Waals surface area (Å²) in [5.41, 5.74) is 3.44. The van der Waals surface area contributed by atoms with Crippen molar-refractivity contribution in [1.29, 1.82) is 0 Å². The van der Waals surface area contributed by atoms with Gasteiger partial charge in [-0.25, -0.2) is 4.98 Å². The Morgan fingerprint density at radius 2 is 2.25 bits per heavy atom. The van der Waals surface area contributed by atoms with E-state index in [0.29, 0.717) is 0 Å². The SMILES string of the molecule is CCc1nc(CN[C@@H](C)c2cnc3ccsc3c2)cs1. The van der Waals surface area contributed by atoms with Crippen molar-refractivity contribution in [3.05, 3.63) is 45.4 Å². The number of nitrogens with zero attached hydrogens (tertiary/aromatic N) is 2. The first-order chi connectivity index (χ1) is 9.76. The first-order valence-corrected chi connectivity index (χ1v) is 8.52. The van der Waals surface area contributed by atoms with E-state index in [4.69, 9.17) is 0 Å². The van der Waals surface area contributed by atoms with E-state index in [1.54, 1.807) is 22.7 Å². The molecule has 0 aliphatic carbocycles. The zero-order valence-corrected chi connectivity index (χ0v) is 13.2. The number of rotatable bonds is 5. The predicted octanol–water partition coefficient (Wildman–Crippen LogP) is 4.17. The van der Waals surface area contributed by atoms with Gasteiger partial charge in [-0.2, -0.15) is 0 Å². The Kier molecular flexibility index (Phi) is 4.10. The number of hydrogen-bond donors (Lipinski definition) is 1. The maximum Gasteiger partial charge on any atom is 0.0926 e. The molecule has 3 heterocycles. The summed E-state index contributed by atoms with van der Waals surface area (Å²) in [5, 5.41) is 8.95. The summed E-state index contributed by atoms with van der Waals surface area (Å²) in [7, 11) is 0. The molecule has 0 aliphatic rings. The molecule has 0 fully saturated rings. The van der Waals surface area contributed by atoms with E-state index < -0.39 is 0 Å². The van der Waals surface area contributed by atoms with Crippen LogP contribution in [0, 0.1) is 0 Å². The Labute approximate surface area is 126 Å². The van der Waals surface area contributed by atoms with Crippen molar-refractivity contribution in [2.45, 2.75) is 32.9 Å². The molecular weight excluding hydrogens is 286 g/mol. The molecule has 3 aromatic rings. The molecule has 1 atom stereocenters. The summed E-state index contributed by atoms with van der Waals surface area (Å²) >= 11 is 3.48. The van der Waals surface area contributed by atoms with Crippen molar-refractivity contribution in [2.24, 2.45) is 0 Å². The predicted molar refractivity (Wildman–Crippen MR) is 86.4 cm³/mol. The van der Waals surface area contributed by atoms with Gasteiger partial charge in [-0.05, 0) is 36.4 Å². The van der Waals surface area contributed by atoms with Crippen LogP contribution in [0.3, 0.4) is 0 Å². The molecule has 0 saturated carbocycles. The summed E-state index contributed by atoms with van der Waals surface area (Å²) in [6.45, 7) is 5.12. The molecule has 3 rings (SSSR count). The van der Waals surface area contributed by atoms with Crippen molar-refractivity contribution in [3.63, 3.8) is 0 Å². The van der Waals surface area contributed by atoms with Crippen LogP contribution in [0.15, 0.2) is 29.1 Å². The molecule has 0 radical (unpaired) electrons. The third kappa shape index (κ3) is 2.90. The Hall–Kier alpha value is -1.30. The molecule has 0 bridgehead atoms. The fourth-order valence-electron chi connectivity index (χ4n) is 2.07. The van der Waals surface area contributed by atoms with Crippen LogP contribution in [-0.2, 0) is 13.0 Å². The molecule has 20 heavy (non-hydrogen) atoms. The lowest BCUT2D eigenvalue weighted by Gasteiger charge is -2.13. The van der Waals surface area contributed by atoms with Crippen LogP contribution in [0.5, 0.6) is 0 Å². The second-order valence-electron chi connectivity index (χ2n) is 4.76. The Bertz CT molecular complexity index is 702.